The number of benzene rings is 2. The molecular formula is C19H23N3S. The van der Waals surface area contributed by atoms with Gasteiger partial charge in [0.1, 0.15) is 0 Å². The summed E-state index contributed by atoms with van der Waals surface area (Å²) in [6.45, 7) is 10.3. The molecule has 2 aromatic carbocycles. The predicted molar refractivity (Wildman–Crippen MR) is 103 cm³/mol. The van der Waals surface area contributed by atoms with Gasteiger partial charge in [0, 0.05) is 5.69 Å². The quantitative estimate of drug-likeness (QED) is 0.491. The SMILES string of the molecule is C/C(=N/NC(=S)Nc1cccc(C)c1C)c1ccc(C)c(C)c1. The minimum Gasteiger partial charge on any atom is -0.331 e. The van der Waals surface area contributed by atoms with Crippen molar-refractivity contribution in [3.63, 3.8) is 0 Å². The third-order valence-electron chi connectivity index (χ3n) is 4.10. The molecule has 23 heavy (non-hydrogen) atoms. The molecule has 2 aromatic rings. The summed E-state index contributed by atoms with van der Waals surface area (Å²) in [5.74, 6) is 0. The Morgan fingerprint density at radius 2 is 1.70 bits per heavy atom. The Morgan fingerprint density at radius 1 is 0.957 bits per heavy atom. The van der Waals surface area contributed by atoms with Crippen LogP contribution in [0.15, 0.2) is 41.5 Å². The van der Waals surface area contributed by atoms with Crippen molar-refractivity contribution in [1.82, 2.24) is 5.43 Å². The Kier molecular flexibility index (Phi) is 5.50. The minimum atomic E-state index is 0.488. The van der Waals surface area contributed by atoms with Gasteiger partial charge in [-0.2, -0.15) is 5.10 Å². The van der Waals surface area contributed by atoms with Gasteiger partial charge in [-0.25, -0.2) is 0 Å². The van der Waals surface area contributed by atoms with Crippen LogP contribution in [0.4, 0.5) is 5.69 Å². The van der Waals surface area contributed by atoms with E-state index in [1.54, 1.807) is 0 Å². The summed E-state index contributed by atoms with van der Waals surface area (Å²) in [6, 6.07) is 12.4. The molecule has 2 N–H and O–H groups in total. The van der Waals surface area contributed by atoms with E-state index in [0.717, 1.165) is 17.0 Å². The number of nitrogens with zero attached hydrogens (tertiary/aromatic N) is 1. The van der Waals surface area contributed by atoms with Crippen molar-refractivity contribution in [3.8, 4) is 0 Å². The highest BCUT2D eigenvalue weighted by atomic mass is 32.1. The van der Waals surface area contributed by atoms with Crippen molar-refractivity contribution in [2.75, 3.05) is 5.32 Å². The molecule has 0 saturated carbocycles. The molecule has 0 saturated heterocycles. The van der Waals surface area contributed by atoms with Crippen LogP contribution in [-0.4, -0.2) is 10.8 Å². The number of anilines is 1. The zero-order valence-corrected chi connectivity index (χ0v) is 15.1. The summed E-state index contributed by atoms with van der Waals surface area (Å²) in [7, 11) is 0. The number of hydrazone groups is 1. The van der Waals surface area contributed by atoms with Gasteiger partial charge in [-0.1, -0.05) is 24.3 Å². The molecule has 3 nitrogen and oxygen atoms in total. The molecule has 0 aliphatic carbocycles. The van der Waals surface area contributed by atoms with Crippen molar-refractivity contribution in [3.05, 3.63) is 64.2 Å². The second kappa shape index (κ2) is 7.38. The normalized spacial score (nSPS) is 11.3. The number of nitrogens with one attached hydrogen (secondary N) is 2. The monoisotopic (exact) mass is 325 g/mol. The van der Waals surface area contributed by atoms with Crippen LogP contribution in [0.2, 0.25) is 0 Å². The van der Waals surface area contributed by atoms with Crippen molar-refractivity contribution in [2.45, 2.75) is 34.6 Å². The van der Waals surface area contributed by atoms with Gasteiger partial charge < -0.3 is 5.32 Å². The van der Waals surface area contributed by atoms with E-state index in [1.165, 1.54) is 22.3 Å². The highest BCUT2D eigenvalue weighted by Gasteiger charge is 2.03. The standard InChI is InChI=1S/C19H23N3S/c1-12-9-10-17(11-14(12)3)16(5)21-22-19(23)20-18-8-6-7-13(2)15(18)4/h6-11H,1-5H3,(H2,20,22,23)/b21-16-. The van der Waals surface area contributed by atoms with Crippen LogP contribution >= 0.6 is 12.2 Å². The van der Waals surface area contributed by atoms with Gasteiger partial charge in [0.2, 0.25) is 0 Å². The molecule has 0 fully saturated rings. The summed E-state index contributed by atoms with van der Waals surface area (Å²) in [4.78, 5) is 0. The number of aryl methyl sites for hydroxylation is 3. The lowest BCUT2D eigenvalue weighted by molar-refractivity contribution is 1.04. The average Bonchev–Trinajstić information content (AvgIpc) is 2.52. The molecule has 0 heterocycles. The second-order valence-electron chi connectivity index (χ2n) is 5.81. The number of hydrogen-bond donors (Lipinski definition) is 2. The van der Waals surface area contributed by atoms with Gasteiger partial charge in [-0.05, 0) is 86.8 Å². The fourth-order valence-electron chi connectivity index (χ4n) is 2.20. The Balaban J connectivity index is 2.05. The van der Waals surface area contributed by atoms with Gasteiger partial charge in [0.15, 0.2) is 5.11 Å². The van der Waals surface area contributed by atoms with Crippen LogP contribution in [0.1, 0.15) is 34.7 Å². The molecule has 0 atom stereocenters. The van der Waals surface area contributed by atoms with Gasteiger partial charge in [-0.15, -0.1) is 0 Å². The molecule has 0 aromatic heterocycles. The first-order valence-corrected chi connectivity index (χ1v) is 8.04. The fraction of sp³-hybridized carbons (Fsp3) is 0.263. The van der Waals surface area contributed by atoms with E-state index in [-0.39, 0.29) is 0 Å². The molecule has 0 aliphatic rings. The third kappa shape index (κ3) is 4.39. The molecule has 2 rings (SSSR count). The Bertz CT molecular complexity index is 763. The van der Waals surface area contributed by atoms with E-state index in [0.29, 0.717) is 5.11 Å². The predicted octanol–water partition coefficient (Wildman–Crippen LogP) is 4.63. The van der Waals surface area contributed by atoms with E-state index in [1.807, 2.05) is 19.1 Å². The van der Waals surface area contributed by atoms with Crippen molar-refractivity contribution in [2.24, 2.45) is 5.10 Å². The maximum absolute atomic E-state index is 5.32. The minimum absolute atomic E-state index is 0.488. The molecule has 0 amide bonds. The molecule has 120 valence electrons. The van der Waals surface area contributed by atoms with Crippen LogP contribution < -0.4 is 10.7 Å². The first kappa shape index (κ1) is 17.2. The van der Waals surface area contributed by atoms with E-state index in [2.05, 4.69) is 67.8 Å². The summed E-state index contributed by atoms with van der Waals surface area (Å²) in [5, 5.41) is 8.06. The Labute approximate surface area is 143 Å². The summed E-state index contributed by atoms with van der Waals surface area (Å²) < 4.78 is 0. The Morgan fingerprint density at radius 3 is 2.39 bits per heavy atom. The van der Waals surface area contributed by atoms with Crippen molar-refractivity contribution in [1.29, 1.82) is 0 Å². The molecule has 0 radical (unpaired) electrons. The van der Waals surface area contributed by atoms with Gasteiger partial charge in [0.25, 0.3) is 0 Å². The van der Waals surface area contributed by atoms with E-state index < -0.39 is 0 Å². The van der Waals surface area contributed by atoms with Crippen molar-refractivity contribution >= 4 is 28.7 Å². The first-order chi connectivity index (χ1) is 10.9. The van der Waals surface area contributed by atoms with Crippen LogP contribution in [0, 0.1) is 27.7 Å². The lowest BCUT2D eigenvalue weighted by Gasteiger charge is -2.12. The fourth-order valence-corrected chi connectivity index (χ4v) is 2.36. The number of hydrogen-bond acceptors (Lipinski definition) is 2. The Hall–Kier alpha value is -2.20. The largest absolute Gasteiger partial charge is 0.331 e. The van der Waals surface area contributed by atoms with Crippen LogP contribution in [0.25, 0.3) is 0 Å². The summed E-state index contributed by atoms with van der Waals surface area (Å²) in [6.07, 6.45) is 0. The topological polar surface area (TPSA) is 36.4 Å². The first-order valence-electron chi connectivity index (χ1n) is 7.63. The zero-order valence-electron chi connectivity index (χ0n) is 14.3. The number of thiocarbonyl (C=S) groups is 1. The molecule has 4 heteroatoms. The molecule has 0 spiro atoms. The average molecular weight is 325 g/mol. The maximum Gasteiger partial charge on any atom is 0.191 e. The van der Waals surface area contributed by atoms with E-state index in [4.69, 9.17) is 12.2 Å². The number of rotatable bonds is 3. The van der Waals surface area contributed by atoms with Crippen LogP contribution in [0.5, 0.6) is 0 Å². The summed E-state index contributed by atoms with van der Waals surface area (Å²) in [5.41, 5.74) is 10.9. The zero-order chi connectivity index (χ0) is 17.0. The van der Waals surface area contributed by atoms with E-state index >= 15 is 0 Å². The second-order valence-corrected chi connectivity index (χ2v) is 6.22. The summed E-state index contributed by atoms with van der Waals surface area (Å²) >= 11 is 5.32. The lowest BCUT2D eigenvalue weighted by atomic mass is 10.0. The van der Waals surface area contributed by atoms with Gasteiger partial charge >= 0.3 is 0 Å². The highest BCUT2D eigenvalue weighted by molar-refractivity contribution is 7.80. The van der Waals surface area contributed by atoms with Crippen molar-refractivity contribution < 1.29 is 0 Å². The molecule has 0 aliphatic heterocycles. The van der Waals surface area contributed by atoms with Crippen LogP contribution in [-0.2, 0) is 0 Å². The third-order valence-corrected chi connectivity index (χ3v) is 4.30. The van der Waals surface area contributed by atoms with Gasteiger partial charge in [-0.3, -0.25) is 5.43 Å². The van der Waals surface area contributed by atoms with Gasteiger partial charge in [0.05, 0.1) is 5.71 Å². The van der Waals surface area contributed by atoms with E-state index in [9.17, 15) is 0 Å². The van der Waals surface area contributed by atoms with Crippen LogP contribution in [0.3, 0.4) is 0 Å². The lowest BCUT2D eigenvalue weighted by Crippen LogP contribution is -2.25. The molecule has 0 bridgehead atoms. The molecule has 0 unspecified atom stereocenters. The maximum atomic E-state index is 5.32. The smallest absolute Gasteiger partial charge is 0.191 e. The highest BCUT2D eigenvalue weighted by Crippen LogP contribution is 2.17. The molecular weight excluding hydrogens is 302 g/mol.